The summed E-state index contributed by atoms with van der Waals surface area (Å²) in [4.78, 5) is 0.412. The van der Waals surface area contributed by atoms with Gasteiger partial charge in [0.25, 0.3) is 0 Å². The van der Waals surface area contributed by atoms with Crippen LogP contribution in [0.3, 0.4) is 0 Å². The van der Waals surface area contributed by atoms with Crippen LogP contribution in [0.1, 0.15) is 37.3 Å². The van der Waals surface area contributed by atoms with Crippen molar-refractivity contribution in [2.24, 2.45) is 11.7 Å². The normalized spacial score (nSPS) is 15.8. The second kappa shape index (κ2) is 6.24. The van der Waals surface area contributed by atoms with E-state index in [1.165, 1.54) is 0 Å². The molecule has 0 atom stereocenters. The van der Waals surface area contributed by atoms with Crippen molar-refractivity contribution in [1.82, 2.24) is 4.31 Å². The highest BCUT2D eigenvalue weighted by Crippen LogP contribution is 2.32. The molecule has 1 aliphatic rings. The lowest BCUT2D eigenvalue weighted by Crippen LogP contribution is -2.34. The molecule has 0 radical (unpaired) electrons. The minimum Gasteiger partial charge on any atom is -0.326 e. The van der Waals surface area contributed by atoms with Gasteiger partial charge < -0.3 is 5.73 Å². The fourth-order valence-corrected chi connectivity index (χ4v) is 4.22. The smallest absolute Gasteiger partial charge is 0.243 e. The number of benzene rings is 1. The Bertz CT molecular complexity index is 565. The van der Waals surface area contributed by atoms with Crippen molar-refractivity contribution in [2.45, 2.75) is 44.6 Å². The minimum absolute atomic E-state index is 0.360. The summed E-state index contributed by atoms with van der Waals surface area (Å²) in [5, 5.41) is 0. The van der Waals surface area contributed by atoms with Crippen molar-refractivity contribution in [2.75, 3.05) is 13.1 Å². The lowest BCUT2D eigenvalue weighted by atomic mass is 10.1. The maximum Gasteiger partial charge on any atom is 0.243 e. The second-order valence-corrected chi connectivity index (χ2v) is 7.52. The molecule has 5 heteroatoms. The Morgan fingerprint density at radius 2 is 2.05 bits per heavy atom. The molecular weight excluding hydrogens is 272 g/mol. The summed E-state index contributed by atoms with van der Waals surface area (Å²) >= 11 is 0. The molecule has 112 valence electrons. The minimum atomic E-state index is -3.40. The number of rotatable bonds is 7. The van der Waals surface area contributed by atoms with Crippen LogP contribution in [-0.2, 0) is 16.6 Å². The summed E-state index contributed by atoms with van der Waals surface area (Å²) in [6, 6.07) is 5.45. The molecule has 2 N–H and O–H groups in total. The van der Waals surface area contributed by atoms with Gasteiger partial charge in [-0.2, -0.15) is 4.31 Å². The van der Waals surface area contributed by atoms with E-state index >= 15 is 0 Å². The van der Waals surface area contributed by atoms with E-state index in [2.05, 4.69) is 0 Å². The predicted octanol–water partition coefficient (Wildman–Crippen LogP) is 2.26. The zero-order valence-corrected chi connectivity index (χ0v) is 13.1. The number of nitrogens with two attached hydrogens (primary N) is 1. The van der Waals surface area contributed by atoms with Crippen LogP contribution in [0.2, 0.25) is 0 Å². The van der Waals surface area contributed by atoms with Crippen LogP contribution in [0.4, 0.5) is 0 Å². The van der Waals surface area contributed by atoms with Crippen molar-refractivity contribution >= 4 is 10.0 Å². The molecule has 0 unspecified atom stereocenters. The lowest BCUT2D eigenvalue weighted by Gasteiger charge is -2.23. The van der Waals surface area contributed by atoms with E-state index < -0.39 is 10.0 Å². The summed E-state index contributed by atoms with van der Waals surface area (Å²) in [5.74, 6) is 0.550. The van der Waals surface area contributed by atoms with Crippen LogP contribution in [0.5, 0.6) is 0 Å². The molecule has 1 saturated carbocycles. The number of hydrogen-bond acceptors (Lipinski definition) is 3. The van der Waals surface area contributed by atoms with Crippen LogP contribution in [0.25, 0.3) is 0 Å². The van der Waals surface area contributed by atoms with Gasteiger partial charge >= 0.3 is 0 Å². The monoisotopic (exact) mass is 296 g/mol. The van der Waals surface area contributed by atoms with Crippen LogP contribution in [-0.4, -0.2) is 25.8 Å². The first kappa shape index (κ1) is 15.5. The number of hydrogen-bond donors (Lipinski definition) is 1. The molecule has 1 aromatic rings. The van der Waals surface area contributed by atoms with Crippen molar-refractivity contribution in [3.8, 4) is 0 Å². The van der Waals surface area contributed by atoms with Gasteiger partial charge in [-0.05, 0) is 49.3 Å². The van der Waals surface area contributed by atoms with Crippen molar-refractivity contribution < 1.29 is 8.42 Å². The fraction of sp³-hybridized carbons (Fsp3) is 0.600. The average molecular weight is 296 g/mol. The van der Waals surface area contributed by atoms with Gasteiger partial charge in [0.05, 0.1) is 4.90 Å². The van der Waals surface area contributed by atoms with E-state index in [1.54, 1.807) is 10.4 Å². The van der Waals surface area contributed by atoms with Gasteiger partial charge in [0.1, 0.15) is 0 Å². The highest BCUT2D eigenvalue weighted by molar-refractivity contribution is 7.89. The molecule has 2 rings (SSSR count). The molecule has 20 heavy (non-hydrogen) atoms. The SMILES string of the molecule is CCCN(CC1CC1)S(=O)(=O)c1cc(CN)ccc1C. The van der Waals surface area contributed by atoms with E-state index in [-0.39, 0.29) is 0 Å². The first-order valence-electron chi connectivity index (χ1n) is 7.28. The Labute approximate surface area is 122 Å². The molecule has 1 fully saturated rings. The second-order valence-electron chi connectivity index (χ2n) is 5.61. The maximum absolute atomic E-state index is 12.9. The predicted molar refractivity (Wildman–Crippen MR) is 80.8 cm³/mol. The molecule has 1 aliphatic carbocycles. The summed E-state index contributed by atoms with van der Waals surface area (Å²) in [6.45, 7) is 5.46. The van der Waals surface area contributed by atoms with Crippen LogP contribution in [0, 0.1) is 12.8 Å². The average Bonchev–Trinajstić information content (AvgIpc) is 3.22. The van der Waals surface area contributed by atoms with Gasteiger partial charge in [0.2, 0.25) is 10.0 Å². The number of aryl methyl sites for hydroxylation is 1. The molecular formula is C15H24N2O2S. The molecule has 0 heterocycles. The van der Waals surface area contributed by atoms with Gasteiger partial charge in [-0.25, -0.2) is 8.42 Å². The van der Waals surface area contributed by atoms with E-state index in [0.29, 0.717) is 30.4 Å². The van der Waals surface area contributed by atoms with E-state index in [9.17, 15) is 8.42 Å². The first-order valence-corrected chi connectivity index (χ1v) is 8.72. The van der Waals surface area contributed by atoms with Gasteiger partial charge in [0, 0.05) is 19.6 Å². The fourth-order valence-electron chi connectivity index (χ4n) is 2.34. The third-order valence-electron chi connectivity index (χ3n) is 3.74. The Morgan fingerprint density at radius 1 is 1.35 bits per heavy atom. The Balaban J connectivity index is 2.35. The Morgan fingerprint density at radius 3 is 2.60 bits per heavy atom. The molecule has 0 spiro atoms. The summed E-state index contributed by atoms with van der Waals surface area (Å²) in [6.07, 6.45) is 3.14. The first-order chi connectivity index (χ1) is 9.48. The lowest BCUT2D eigenvalue weighted by molar-refractivity contribution is 0.395. The zero-order valence-electron chi connectivity index (χ0n) is 12.3. The highest BCUT2D eigenvalue weighted by atomic mass is 32.2. The Hall–Kier alpha value is -0.910. The van der Waals surface area contributed by atoms with Gasteiger partial charge in [-0.3, -0.25) is 0 Å². The molecule has 0 bridgehead atoms. The third-order valence-corrected chi connectivity index (χ3v) is 5.74. The van der Waals surface area contributed by atoms with Gasteiger partial charge in [-0.15, -0.1) is 0 Å². The summed E-state index contributed by atoms with van der Waals surface area (Å²) < 4.78 is 27.4. The van der Waals surface area contributed by atoms with Crippen LogP contribution < -0.4 is 5.73 Å². The van der Waals surface area contributed by atoms with E-state index in [1.807, 2.05) is 26.0 Å². The van der Waals surface area contributed by atoms with E-state index in [0.717, 1.165) is 30.4 Å². The van der Waals surface area contributed by atoms with Crippen LogP contribution in [0.15, 0.2) is 23.1 Å². The third kappa shape index (κ3) is 3.40. The van der Waals surface area contributed by atoms with Gasteiger partial charge in [0.15, 0.2) is 0 Å². The molecule has 1 aromatic carbocycles. The summed E-state index contributed by atoms with van der Waals surface area (Å²) in [5.41, 5.74) is 7.28. The number of sulfonamides is 1. The van der Waals surface area contributed by atoms with Crippen LogP contribution >= 0.6 is 0 Å². The summed E-state index contributed by atoms with van der Waals surface area (Å²) in [7, 11) is -3.40. The van der Waals surface area contributed by atoms with Crippen molar-refractivity contribution in [3.63, 3.8) is 0 Å². The Kier molecular flexibility index (Phi) is 4.83. The topological polar surface area (TPSA) is 63.4 Å². The molecule has 0 amide bonds. The molecule has 0 aliphatic heterocycles. The highest BCUT2D eigenvalue weighted by Gasteiger charge is 2.31. The maximum atomic E-state index is 12.9. The molecule has 0 saturated heterocycles. The van der Waals surface area contributed by atoms with Crippen molar-refractivity contribution in [1.29, 1.82) is 0 Å². The van der Waals surface area contributed by atoms with Crippen molar-refractivity contribution in [3.05, 3.63) is 29.3 Å². The molecule has 0 aromatic heterocycles. The standard InChI is InChI=1S/C15H24N2O2S/c1-3-8-17(11-13-6-7-13)20(18,19)15-9-14(10-16)5-4-12(15)2/h4-5,9,13H,3,6-8,10-11,16H2,1-2H3. The van der Waals surface area contributed by atoms with Gasteiger partial charge in [-0.1, -0.05) is 19.1 Å². The zero-order chi connectivity index (χ0) is 14.8. The molecule has 4 nitrogen and oxygen atoms in total. The largest absolute Gasteiger partial charge is 0.326 e. The quantitative estimate of drug-likeness (QED) is 0.839. The van der Waals surface area contributed by atoms with E-state index in [4.69, 9.17) is 5.73 Å². The number of nitrogens with zero attached hydrogens (tertiary/aromatic N) is 1.